The fourth-order valence-corrected chi connectivity index (χ4v) is 4.15. The summed E-state index contributed by atoms with van der Waals surface area (Å²) in [5.41, 5.74) is 1.97. The summed E-state index contributed by atoms with van der Waals surface area (Å²) in [5.74, 6) is 0.820. The highest BCUT2D eigenvalue weighted by Gasteiger charge is 2.53. The quantitative estimate of drug-likeness (QED) is 0.315. The van der Waals surface area contributed by atoms with Gasteiger partial charge in [0.2, 0.25) is 0 Å². The maximum Gasteiger partial charge on any atom is 0.253 e. The molecule has 2 rings (SSSR count). The molecular weight excluding hydrogens is 479 g/mol. The first-order valence-electron chi connectivity index (χ1n) is 10.3. The highest BCUT2D eigenvalue weighted by Crippen LogP contribution is 2.48. The number of nitrogens with zero attached hydrogens (tertiary/aromatic N) is 2. The van der Waals surface area contributed by atoms with Crippen LogP contribution in [0.1, 0.15) is 56.0 Å². The van der Waals surface area contributed by atoms with Crippen LogP contribution >= 0.6 is 24.0 Å². The zero-order valence-electron chi connectivity index (χ0n) is 18.6. The SMILES string of the molecule is CCOC1CC(NC(=NC)NCc2ccc(C(=O)N(C)C)cc2)C1(CC)CC.I. The molecule has 0 aliphatic heterocycles. The Labute approximate surface area is 192 Å². The molecule has 6 nitrogen and oxygen atoms in total. The molecule has 2 unspecified atom stereocenters. The molecular formula is C22H37IN4O2. The molecule has 1 saturated carbocycles. The molecule has 0 saturated heterocycles. The van der Waals surface area contributed by atoms with Crippen molar-refractivity contribution in [1.29, 1.82) is 0 Å². The molecule has 7 heteroatoms. The monoisotopic (exact) mass is 516 g/mol. The summed E-state index contributed by atoms with van der Waals surface area (Å²) >= 11 is 0. The molecule has 164 valence electrons. The molecule has 0 heterocycles. The average Bonchev–Trinajstić information content (AvgIpc) is 2.70. The fourth-order valence-electron chi connectivity index (χ4n) is 4.15. The maximum absolute atomic E-state index is 12.0. The molecule has 1 aliphatic rings. The van der Waals surface area contributed by atoms with E-state index in [9.17, 15) is 4.79 Å². The van der Waals surface area contributed by atoms with Crippen LogP contribution in [0, 0.1) is 5.41 Å². The lowest BCUT2D eigenvalue weighted by molar-refractivity contribution is -0.133. The Morgan fingerprint density at radius 2 is 1.83 bits per heavy atom. The smallest absolute Gasteiger partial charge is 0.253 e. The minimum atomic E-state index is 0. The van der Waals surface area contributed by atoms with Crippen LogP contribution in [0.25, 0.3) is 0 Å². The van der Waals surface area contributed by atoms with Gasteiger partial charge >= 0.3 is 0 Å². The first-order chi connectivity index (χ1) is 13.4. The molecule has 1 fully saturated rings. The Morgan fingerprint density at radius 3 is 2.31 bits per heavy atom. The number of ether oxygens (including phenoxy) is 1. The van der Waals surface area contributed by atoms with Gasteiger partial charge in [-0.2, -0.15) is 0 Å². The summed E-state index contributed by atoms with van der Waals surface area (Å²) in [4.78, 5) is 18.0. The van der Waals surface area contributed by atoms with Gasteiger partial charge in [-0.25, -0.2) is 0 Å². The zero-order valence-corrected chi connectivity index (χ0v) is 20.9. The van der Waals surface area contributed by atoms with Crippen LogP contribution in [0.15, 0.2) is 29.3 Å². The lowest BCUT2D eigenvalue weighted by Crippen LogP contribution is -2.65. The van der Waals surface area contributed by atoms with Crippen LogP contribution in [-0.2, 0) is 11.3 Å². The van der Waals surface area contributed by atoms with Gasteiger partial charge in [-0.3, -0.25) is 9.79 Å². The Kier molecular flexibility index (Phi) is 10.4. The summed E-state index contributed by atoms with van der Waals surface area (Å²) < 4.78 is 5.97. The van der Waals surface area contributed by atoms with E-state index in [1.807, 2.05) is 24.3 Å². The lowest BCUT2D eigenvalue weighted by Gasteiger charge is -2.55. The van der Waals surface area contributed by atoms with E-state index in [-0.39, 0.29) is 35.3 Å². The zero-order chi connectivity index (χ0) is 20.7. The van der Waals surface area contributed by atoms with Crippen molar-refractivity contribution < 1.29 is 9.53 Å². The van der Waals surface area contributed by atoms with Crippen molar-refractivity contribution >= 4 is 35.8 Å². The van der Waals surface area contributed by atoms with Gasteiger partial charge in [0, 0.05) is 51.3 Å². The summed E-state index contributed by atoms with van der Waals surface area (Å²) in [6.07, 6.45) is 3.51. The molecule has 2 atom stereocenters. The second-order valence-electron chi connectivity index (χ2n) is 7.64. The number of guanidine groups is 1. The van der Waals surface area contributed by atoms with E-state index in [1.54, 1.807) is 26.0 Å². The van der Waals surface area contributed by atoms with Crippen molar-refractivity contribution in [3.05, 3.63) is 35.4 Å². The standard InChI is InChI=1S/C22H36N4O2.HI/c1-7-22(8-2)18(14-19(22)28-9-3)25-21(23-4)24-15-16-10-12-17(13-11-16)20(27)26(5)6;/h10-13,18-19H,7-9,14-15H2,1-6H3,(H2,23,24,25);1H. The van der Waals surface area contributed by atoms with Gasteiger partial charge in [0.15, 0.2) is 5.96 Å². The number of halogens is 1. The molecule has 0 bridgehead atoms. The molecule has 1 aliphatic carbocycles. The Morgan fingerprint density at radius 1 is 1.21 bits per heavy atom. The minimum absolute atomic E-state index is 0. The number of amides is 1. The number of hydrogen-bond donors (Lipinski definition) is 2. The van der Waals surface area contributed by atoms with Gasteiger partial charge in [0.25, 0.3) is 5.91 Å². The van der Waals surface area contributed by atoms with E-state index in [2.05, 4.69) is 36.4 Å². The van der Waals surface area contributed by atoms with Gasteiger partial charge in [-0.05, 0) is 43.9 Å². The number of rotatable bonds is 8. The van der Waals surface area contributed by atoms with Gasteiger partial charge < -0.3 is 20.3 Å². The number of carbonyl (C=O) groups excluding carboxylic acids is 1. The molecule has 1 amide bonds. The van der Waals surface area contributed by atoms with Gasteiger partial charge in [-0.1, -0.05) is 26.0 Å². The molecule has 29 heavy (non-hydrogen) atoms. The molecule has 1 aromatic carbocycles. The molecule has 0 spiro atoms. The molecule has 0 radical (unpaired) electrons. The normalized spacial score (nSPS) is 20.3. The maximum atomic E-state index is 12.0. The Bertz CT molecular complexity index is 672. The minimum Gasteiger partial charge on any atom is -0.378 e. The van der Waals surface area contributed by atoms with Crippen molar-refractivity contribution in [3.8, 4) is 0 Å². The van der Waals surface area contributed by atoms with Gasteiger partial charge in [-0.15, -0.1) is 24.0 Å². The van der Waals surface area contributed by atoms with Crippen LogP contribution < -0.4 is 10.6 Å². The third kappa shape index (κ3) is 5.84. The van der Waals surface area contributed by atoms with Crippen LogP contribution in [0.2, 0.25) is 0 Å². The van der Waals surface area contributed by atoms with E-state index >= 15 is 0 Å². The van der Waals surface area contributed by atoms with Crippen molar-refractivity contribution in [2.45, 2.75) is 58.7 Å². The van der Waals surface area contributed by atoms with E-state index in [1.165, 1.54) is 0 Å². The Hall–Kier alpha value is -1.35. The van der Waals surface area contributed by atoms with E-state index < -0.39 is 0 Å². The van der Waals surface area contributed by atoms with Crippen molar-refractivity contribution in [2.24, 2.45) is 10.4 Å². The lowest BCUT2D eigenvalue weighted by atomic mass is 9.58. The van der Waals surface area contributed by atoms with Crippen molar-refractivity contribution in [3.63, 3.8) is 0 Å². The molecule has 0 aromatic heterocycles. The van der Waals surface area contributed by atoms with Gasteiger partial charge in [0.1, 0.15) is 0 Å². The number of aliphatic imine (C=N–C) groups is 1. The van der Waals surface area contributed by atoms with Crippen LogP contribution in [0.4, 0.5) is 0 Å². The van der Waals surface area contributed by atoms with Crippen molar-refractivity contribution in [2.75, 3.05) is 27.7 Å². The Balaban J connectivity index is 0.00000420. The van der Waals surface area contributed by atoms with E-state index in [0.717, 1.165) is 37.4 Å². The largest absolute Gasteiger partial charge is 0.378 e. The third-order valence-electron chi connectivity index (χ3n) is 6.07. The van der Waals surface area contributed by atoms with E-state index in [4.69, 9.17) is 4.74 Å². The third-order valence-corrected chi connectivity index (χ3v) is 6.07. The summed E-state index contributed by atoms with van der Waals surface area (Å²) in [6.45, 7) is 7.97. The first kappa shape index (κ1) is 25.7. The molecule has 1 aromatic rings. The van der Waals surface area contributed by atoms with Crippen LogP contribution in [0.3, 0.4) is 0 Å². The van der Waals surface area contributed by atoms with Crippen molar-refractivity contribution in [1.82, 2.24) is 15.5 Å². The average molecular weight is 516 g/mol. The summed E-state index contributed by atoms with van der Waals surface area (Å²) in [6, 6.07) is 8.06. The second kappa shape index (κ2) is 11.7. The molecule has 2 N–H and O–H groups in total. The van der Waals surface area contributed by atoms with Crippen LogP contribution in [-0.4, -0.2) is 56.7 Å². The number of benzene rings is 1. The van der Waals surface area contributed by atoms with Gasteiger partial charge in [0.05, 0.1) is 6.10 Å². The number of carbonyl (C=O) groups is 1. The highest BCUT2D eigenvalue weighted by molar-refractivity contribution is 14.0. The first-order valence-corrected chi connectivity index (χ1v) is 10.3. The summed E-state index contributed by atoms with van der Waals surface area (Å²) in [5, 5.41) is 6.99. The predicted octanol–water partition coefficient (Wildman–Crippen LogP) is 3.66. The van der Waals surface area contributed by atoms with Crippen LogP contribution in [0.5, 0.6) is 0 Å². The number of hydrogen-bond acceptors (Lipinski definition) is 3. The predicted molar refractivity (Wildman–Crippen MR) is 130 cm³/mol. The number of nitrogens with one attached hydrogen (secondary N) is 2. The highest BCUT2D eigenvalue weighted by atomic mass is 127. The topological polar surface area (TPSA) is 66.0 Å². The fraction of sp³-hybridized carbons (Fsp3) is 0.636. The summed E-state index contributed by atoms with van der Waals surface area (Å²) in [7, 11) is 5.32. The second-order valence-corrected chi connectivity index (χ2v) is 7.64. The van der Waals surface area contributed by atoms with E-state index in [0.29, 0.717) is 24.3 Å².